The minimum Gasteiger partial charge on any atom is -0.309 e. The number of fused-ring (bicyclic) bond motifs is 1. The molecule has 108 valence electrons. The second-order valence-electron chi connectivity index (χ2n) is 5.03. The molecular weight excluding hydrogens is 410 g/mol. The number of thiophene rings is 1. The third kappa shape index (κ3) is 3.09. The number of hydrogen-bond donors (Lipinski definition) is 1. The van der Waals surface area contributed by atoms with Crippen molar-refractivity contribution in [3.05, 3.63) is 66.7 Å². The lowest BCUT2D eigenvalue weighted by Gasteiger charge is -2.17. The SMILES string of the molecule is CNC(c1ccc2cc(Br)ccc2c1)c1cc(Br)sc1C. The Morgan fingerprint density at radius 3 is 2.38 bits per heavy atom. The van der Waals surface area contributed by atoms with Gasteiger partial charge in [0.05, 0.1) is 9.83 Å². The normalized spacial score (nSPS) is 12.8. The van der Waals surface area contributed by atoms with Crippen LogP contribution in [0.4, 0.5) is 0 Å². The molecule has 0 amide bonds. The Labute approximate surface area is 145 Å². The largest absolute Gasteiger partial charge is 0.309 e. The molecule has 3 rings (SSSR count). The Bertz CT molecular complexity index is 795. The van der Waals surface area contributed by atoms with Gasteiger partial charge < -0.3 is 5.32 Å². The molecule has 0 aliphatic heterocycles. The summed E-state index contributed by atoms with van der Waals surface area (Å²) < 4.78 is 2.30. The molecule has 0 bridgehead atoms. The summed E-state index contributed by atoms with van der Waals surface area (Å²) in [5.41, 5.74) is 2.63. The van der Waals surface area contributed by atoms with Crippen molar-refractivity contribution in [1.82, 2.24) is 5.32 Å². The zero-order valence-electron chi connectivity index (χ0n) is 11.8. The van der Waals surface area contributed by atoms with E-state index in [0.29, 0.717) is 0 Å². The molecule has 1 N–H and O–H groups in total. The summed E-state index contributed by atoms with van der Waals surface area (Å²) in [6.45, 7) is 2.17. The zero-order valence-corrected chi connectivity index (χ0v) is 15.8. The molecular formula is C17H15Br2NS. The van der Waals surface area contributed by atoms with Gasteiger partial charge in [-0.05, 0) is 76.1 Å². The number of aryl methyl sites for hydroxylation is 1. The zero-order chi connectivity index (χ0) is 15.0. The molecule has 1 unspecified atom stereocenters. The summed E-state index contributed by atoms with van der Waals surface area (Å²) in [7, 11) is 2.02. The van der Waals surface area contributed by atoms with Crippen molar-refractivity contribution >= 4 is 54.0 Å². The maximum Gasteiger partial charge on any atom is 0.0704 e. The van der Waals surface area contributed by atoms with Gasteiger partial charge in [0.2, 0.25) is 0 Å². The minimum atomic E-state index is 0.223. The summed E-state index contributed by atoms with van der Waals surface area (Å²) in [6.07, 6.45) is 0. The van der Waals surface area contributed by atoms with E-state index in [4.69, 9.17) is 0 Å². The fraction of sp³-hybridized carbons (Fsp3) is 0.176. The molecule has 0 saturated heterocycles. The molecule has 0 fully saturated rings. The molecule has 0 spiro atoms. The number of hydrogen-bond acceptors (Lipinski definition) is 2. The summed E-state index contributed by atoms with van der Waals surface area (Å²) in [5.74, 6) is 0. The van der Waals surface area contributed by atoms with Crippen molar-refractivity contribution < 1.29 is 0 Å². The molecule has 1 heterocycles. The van der Waals surface area contributed by atoms with Crippen LogP contribution in [-0.2, 0) is 0 Å². The molecule has 21 heavy (non-hydrogen) atoms. The molecule has 0 saturated carbocycles. The second kappa shape index (κ2) is 6.21. The smallest absolute Gasteiger partial charge is 0.0704 e. The van der Waals surface area contributed by atoms with Gasteiger partial charge in [0.1, 0.15) is 0 Å². The number of halogens is 2. The monoisotopic (exact) mass is 423 g/mol. The fourth-order valence-electron chi connectivity index (χ4n) is 2.66. The molecule has 0 radical (unpaired) electrons. The average Bonchev–Trinajstić information content (AvgIpc) is 2.79. The Balaban J connectivity index is 2.08. The van der Waals surface area contributed by atoms with Crippen molar-refractivity contribution in [2.75, 3.05) is 7.05 Å². The minimum absolute atomic E-state index is 0.223. The topological polar surface area (TPSA) is 12.0 Å². The third-order valence-corrected chi connectivity index (χ3v) is 5.75. The third-order valence-electron chi connectivity index (χ3n) is 3.69. The maximum absolute atomic E-state index is 3.59. The summed E-state index contributed by atoms with van der Waals surface area (Å²) in [5, 5.41) is 5.96. The Hall–Kier alpha value is -0.680. The van der Waals surface area contributed by atoms with Gasteiger partial charge in [-0.1, -0.05) is 34.1 Å². The van der Waals surface area contributed by atoms with Gasteiger partial charge in [-0.2, -0.15) is 0 Å². The van der Waals surface area contributed by atoms with E-state index in [0.717, 1.165) is 4.47 Å². The Kier molecular flexibility index (Phi) is 4.50. The molecule has 1 nitrogen and oxygen atoms in total. The van der Waals surface area contributed by atoms with Crippen molar-refractivity contribution in [2.45, 2.75) is 13.0 Å². The van der Waals surface area contributed by atoms with Crippen LogP contribution in [0.3, 0.4) is 0 Å². The molecule has 2 aromatic carbocycles. The molecule has 1 aromatic heterocycles. The predicted octanol–water partition coefficient (Wildman–Crippen LogP) is 6.04. The first-order valence-corrected chi connectivity index (χ1v) is 9.11. The van der Waals surface area contributed by atoms with Gasteiger partial charge in [-0.25, -0.2) is 0 Å². The highest BCUT2D eigenvalue weighted by Crippen LogP contribution is 2.34. The lowest BCUT2D eigenvalue weighted by Crippen LogP contribution is -2.17. The standard InChI is InChI=1S/C17H15Br2NS/c1-10-15(9-16(19)21-10)17(20-2)13-4-3-12-8-14(18)6-5-11(12)7-13/h3-9,17,20H,1-2H3. The van der Waals surface area contributed by atoms with Crippen LogP contribution in [0.1, 0.15) is 22.0 Å². The first-order valence-electron chi connectivity index (χ1n) is 6.71. The highest BCUT2D eigenvalue weighted by atomic mass is 79.9. The van der Waals surface area contributed by atoms with Gasteiger partial charge in [-0.3, -0.25) is 0 Å². The van der Waals surface area contributed by atoms with E-state index in [1.165, 1.54) is 30.6 Å². The van der Waals surface area contributed by atoms with E-state index < -0.39 is 0 Å². The fourth-order valence-corrected chi connectivity index (χ4v) is 4.79. The molecule has 3 aromatic rings. The van der Waals surface area contributed by atoms with Crippen LogP contribution in [0, 0.1) is 6.92 Å². The molecule has 1 atom stereocenters. The van der Waals surface area contributed by atoms with Gasteiger partial charge in [-0.15, -0.1) is 11.3 Å². The number of rotatable bonds is 3. The number of benzene rings is 2. The van der Waals surface area contributed by atoms with E-state index in [1.54, 1.807) is 11.3 Å². The second-order valence-corrected chi connectivity index (χ2v) is 8.59. The Morgan fingerprint density at radius 2 is 1.71 bits per heavy atom. The van der Waals surface area contributed by atoms with Crippen LogP contribution in [0.2, 0.25) is 0 Å². The highest BCUT2D eigenvalue weighted by molar-refractivity contribution is 9.11. The number of nitrogens with one attached hydrogen (secondary N) is 1. The van der Waals surface area contributed by atoms with Crippen molar-refractivity contribution in [1.29, 1.82) is 0 Å². The predicted molar refractivity (Wildman–Crippen MR) is 99.3 cm³/mol. The van der Waals surface area contributed by atoms with Crippen molar-refractivity contribution in [3.63, 3.8) is 0 Å². The Morgan fingerprint density at radius 1 is 1.00 bits per heavy atom. The maximum atomic E-state index is 3.59. The highest BCUT2D eigenvalue weighted by Gasteiger charge is 2.17. The quantitative estimate of drug-likeness (QED) is 0.540. The molecule has 0 aliphatic carbocycles. The summed E-state index contributed by atoms with van der Waals surface area (Å²) in [6, 6.07) is 15.5. The van der Waals surface area contributed by atoms with Crippen LogP contribution >= 0.6 is 43.2 Å². The van der Waals surface area contributed by atoms with E-state index >= 15 is 0 Å². The first kappa shape index (κ1) is 15.2. The van der Waals surface area contributed by atoms with Crippen molar-refractivity contribution in [2.24, 2.45) is 0 Å². The lowest BCUT2D eigenvalue weighted by molar-refractivity contribution is 0.691. The van der Waals surface area contributed by atoms with Crippen LogP contribution in [0.25, 0.3) is 10.8 Å². The van der Waals surface area contributed by atoms with Crippen LogP contribution in [0.15, 0.2) is 50.7 Å². The van der Waals surface area contributed by atoms with Gasteiger partial charge >= 0.3 is 0 Å². The van der Waals surface area contributed by atoms with Crippen LogP contribution < -0.4 is 5.32 Å². The van der Waals surface area contributed by atoms with Crippen LogP contribution in [0.5, 0.6) is 0 Å². The summed E-state index contributed by atoms with van der Waals surface area (Å²) >= 11 is 8.90. The van der Waals surface area contributed by atoms with Gasteiger partial charge in [0, 0.05) is 9.35 Å². The lowest BCUT2D eigenvalue weighted by atomic mass is 9.97. The van der Waals surface area contributed by atoms with E-state index in [9.17, 15) is 0 Å². The van der Waals surface area contributed by atoms with E-state index in [2.05, 4.69) is 86.6 Å². The molecule has 0 aliphatic rings. The van der Waals surface area contributed by atoms with Crippen molar-refractivity contribution in [3.8, 4) is 0 Å². The van der Waals surface area contributed by atoms with Gasteiger partial charge in [0.25, 0.3) is 0 Å². The first-order chi connectivity index (χ1) is 10.1. The van der Waals surface area contributed by atoms with Gasteiger partial charge in [0.15, 0.2) is 0 Å². The van der Waals surface area contributed by atoms with E-state index in [1.807, 2.05) is 7.05 Å². The molecule has 4 heteroatoms. The average molecular weight is 425 g/mol. The summed E-state index contributed by atoms with van der Waals surface area (Å²) in [4.78, 5) is 1.34. The van der Waals surface area contributed by atoms with Crippen LogP contribution in [-0.4, -0.2) is 7.05 Å². The van der Waals surface area contributed by atoms with E-state index in [-0.39, 0.29) is 6.04 Å².